The molecule has 1 heterocycles. The number of nitrogens with zero attached hydrogens (tertiary/aromatic N) is 1. The van der Waals surface area contributed by atoms with E-state index < -0.39 is 17.7 Å². The van der Waals surface area contributed by atoms with Crippen molar-refractivity contribution in [2.24, 2.45) is 5.84 Å². The molecule has 0 aliphatic heterocycles. The van der Waals surface area contributed by atoms with Crippen LogP contribution >= 0.6 is 0 Å². The van der Waals surface area contributed by atoms with Gasteiger partial charge >= 0.3 is 0 Å². The van der Waals surface area contributed by atoms with Crippen LogP contribution in [0.1, 0.15) is 17.2 Å². The van der Waals surface area contributed by atoms with Crippen molar-refractivity contribution in [3.63, 3.8) is 0 Å². The fourth-order valence-corrected chi connectivity index (χ4v) is 2.50. The van der Waals surface area contributed by atoms with Crippen molar-refractivity contribution in [1.82, 2.24) is 10.4 Å². The summed E-state index contributed by atoms with van der Waals surface area (Å²) in [4.78, 5) is 4.10. The Labute approximate surface area is 120 Å². The highest BCUT2D eigenvalue weighted by atomic mass is 19.1. The number of aromatic nitrogens is 1. The minimum Gasteiger partial charge on any atom is -0.271 e. The summed E-state index contributed by atoms with van der Waals surface area (Å²) in [5, 5.41) is 1.87. The molecular weight excluding hydrogens is 272 g/mol. The largest absolute Gasteiger partial charge is 0.271 e. The lowest BCUT2D eigenvalue weighted by Gasteiger charge is -2.19. The van der Waals surface area contributed by atoms with Crippen LogP contribution in [0.3, 0.4) is 0 Å². The van der Waals surface area contributed by atoms with Gasteiger partial charge in [0.1, 0.15) is 11.6 Å². The summed E-state index contributed by atoms with van der Waals surface area (Å²) in [6, 6.07) is 10.4. The Balaban J connectivity index is 2.18. The number of nitrogens with one attached hydrogen (secondary N) is 1. The molecule has 106 valence electrons. The molecule has 0 aliphatic rings. The first kappa shape index (κ1) is 13.6. The second-order valence-corrected chi connectivity index (χ2v) is 4.75. The number of nitrogens with two attached hydrogens (primary N) is 1. The molecule has 3 N–H and O–H groups in total. The monoisotopic (exact) mass is 285 g/mol. The summed E-state index contributed by atoms with van der Waals surface area (Å²) in [5.74, 6) is 4.34. The first-order valence-electron chi connectivity index (χ1n) is 6.44. The molecular formula is C16H13F2N3. The van der Waals surface area contributed by atoms with Crippen molar-refractivity contribution in [2.45, 2.75) is 6.04 Å². The molecule has 0 radical (unpaired) electrons. The van der Waals surface area contributed by atoms with Crippen LogP contribution in [0.15, 0.2) is 54.9 Å². The molecule has 3 aromatic rings. The number of benzene rings is 2. The number of fused-ring (bicyclic) bond motifs is 1. The van der Waals surface area contributed by atoms with Gasteiger partial charge in [-0.25, -0.2) is 14.2 Å². The van der Waals surface area contributed by atoms with Crippen LogP contribution in [0, 0.1) is 11.6 Å². The molecule has 0 bridgehead atoms. The molecule has 2 aromatic carbocycles. The Morgan fingerprint density at radius 1 is 1.05 bits per heavy atom. The maximum atomic E-state index is 13.4. The molecule has 21 heavy (non-hydrogen) atoms. The number of hydrazine groups is 1. The number of hydrogen-bond donors (Lipinski definition) is 2. The first-order valence-corrected chi connectivity index (χ1v) is 6.44. The highest BCUT2D eigenvalue weighted by Crippen LogP contribution is 2.28. The Bertz CT molecular complexity index is 764. The highest BCUT2D eigenvalue weighted by molar-refractivity contribution is 5.85. The van der Waals surface area contributed by atoms with Gasteiger partial charge < -0.3 is 0 Å². The highest BCUT2D eigenvalue weighted by Gasteiger charge is 2.17. The fourth-order valence-electron chi connectivity index (χ4n) is 2.50. The molecule has 3 rings (SSSR count). The van der Waals surface area contributed by atoms with E-state index in [0.717, 1.165) is 22.4 Å². The smallest absolute Gasteiger partial charge is 0.126 e. The van der Waals surface area contributed by atoms with Gasteiger partial charge in [0.15, 0.2) is 0 Å². The summed E-state index contributed by atoms with van der Waals surface area (Å²) < 4.78 is 26.9. The van der Waals surface area contributed by atoms with E-state index in [-0.39, 0.29) is 0 Å². The molecule has 0 fully saturated rings. The zero-order valence-corrected chi connectivity index (χ0v) is 11.1. The number of halogens is 2. The quantitative estimate of drug-likeness (QED) is 0.574. The lowest BCUT2D eigenvalue weighted by molar-refractivity contribution is 0.567. The molecule has 0 saturated carbocycles. The van der Waals surface area contributed by atoms with E-state index in [2.05, 4.69) is 10.4 Å². The van der Waals surface area contributed by atoms with Crippen LogP contribution < -0.4 is 11.3 Å². The molecule has 1 aromatic heterocycles. The number of hydrogen-bond acceptors (Lipinski definition) is 3. The summed E-state index contributed by atoms with van der Waals surface area (Å²) in [6.45, 7) is 0. The normalized spacial score (nSPS) is 12.5. The van der Waals surface area contributed by atoms with Crippen molar-refractivity contribution in [3.05, 3.63) is 77.6 Å². The third-order valence-electron chi connectivity index (χ3n) is 3.41. The zero-order valence-electron chi connectivity index (χ0n) is 11.1. The summed E-state index contributed by atoms with van der Waals surface area (Å²) in [5.41, 5.74) is 3.86. The van der Waals surface area contributed by atoms with Gasteiger partial charge in [0.2, 0.25) is 0 Å². The molecule has 0 amide bonds. The van der Waals surface area contributed by atoms with Gasteiger partial charge in [-0.1, -0.05) is 18.2 Å². The maximum absolute atomic E-state index is 13.4. The molecule has 0 spiro atoms. The first-order chi connectivity index (χ1) is 10.2. The van der Waals surface area contributed by atoms with Gasteiger partial charge in [-0.2, -0.15) is 0 Å². The second kappa shape index (κ2) is 5.55. The molecule has 1 atom stereocenters. The molecule has 0 saturated heterocycles. The van der Waals surface area contributed by atoms with Gasteiger partial charge in [-0.05, 0) is 34.7 Å². The standard InChI is InChI=1S/C16H13F2N3/c17-12-6-11(7-13(18)8-12)16(21-19)14-3-1-2-10-4-5-20-9-15(10)14/h1-9,16,21H,19H2. The van der Waals surface area contributed by atoms with Crippen LogP contribution in [-0.4, -0.2) is 4.98 Å². The Kier molecular flexibility index (Phi) is 3.60. The van der Waals surface area contributed by atoms with E-state index >= 15 is 0 Å². The minimum absolute atomic E-state index is 0.423. The predicted molar refractivity (Wildman–Crippen MR) is 77.3 cm³/mol. The van der Waals surface area contributed by atoms with Gasteiger partial charge in [0, 0.05) is 23.8 Å². The predicted octanol–water partition coefficient (Wildman–Crippen LogP) is 3.07. The van der Waals surface area contributed by atoms with Gasteiger partial charge in [-0.15, -0.1) is 0 Å². The minimum atomic E-state index is -0.636. The number of pyridine rings is 1. The van der Waals surface area contributed by atoms with Gasteiger partial charge in [0.05, 0.1) is 6.04 Å². The lowest BCUT2D eigenvalue weighted by atomic mass is 9.95. The van der Waals surface area contributed by atoms with E-state index in [0.29, 0.717) is 5.56 Å². The van der Waals surface area contributed by atoms with Gasteiger partial charge in [0.25, 0.3) is 0 Å². The molecule has 0 aliphatic carbocycles. The third kappa shape index (κ3) is 2.61. The summed E-state index contributed by atoms with van der Waals surface area (Å²) >= 11 is 0. The van der Waals surface area contributed by atoms with Crippen molar-refractivity contribution >= 4 is 10.8 Å². The Morgan fingerprint density at radius 3 is 2.52 bits per heavy atom. The Hall–Kier alpha value is -2.37. The van der Waals surface area contributed by atoms with Crippen molar-refractivity contribution in [3.8, 4) is 0 Å². The zero-order chi connectivity index (χ0) is 14.8. The molecule has 3 nitrogen and oxygen atoms in total. The van der Waals surface area contributed by atoms with E-state index in [1.165, 1.54) is 12.1 Å². The summed E-state index contributed by atoms with van der Waals surface area (Å²) in [7, 11) is 0. The van der Waals surface area contributed by atoms with E-state index in [1.54, 1.807) is 12.4 Å². The van der Waals surface area contributed by atoms with Crippen LogP contribution in [0.4, 0.5) is 8.78 Å². The van der Waals surface area contributed by atoms with Gasteiger partial charge in [-0.3, -0.25) is 10.8 Å². The van der Waals surface area contributed by atoms with Crippen molar-refractivity contribution in [1.29, 1.82) is 0 Å². The lowest BCUT2D eigenvalue weighted by Crippen LogP contribution is -2.29. The van der Waals surface area contributed by atoms with Crippen LogP contribution in [0.25, 0.3) is 10.8 Å². The van der Waals surface area contributed by atoms with E-state index in [4.69, 9.17) is 5.84 Å². The third-order valence-corrected chi connectivity index (χ3v) is 3.41. The van der Waals surface area contributed by atoms with E-state index in [1.807, 2.05) is 24.3 Å². The van der Waals surface area contributed by atoms with Crippen LogP contribution in [0.5, 0.6) is 0 Å². The van der Waals surface area contributed by atoms with Crippen molar-refractivity contribution in [2.75, 3.05) is 0 Å². The van der Waals surface area contributed by atoms with Crippen LogP contribution in [0.2, 0.25) is 0 Å². The van der Waals surface area contributed by atoms with Crippen molar-refractivity contribution < 1.29 is 8.78 Å². The van der Waals surface area contributed by atoms with Crippen LogP contribution in [-0.2, 0) is 0 Å². The fraction of sp³-hybridized carbons (Fsp3) is 0.0625. The van der Waals surface area contributed by atoms with E-state index in [9.17, 15) is 8.78 Å². The maximum Gasteiger partial charge on any atom is 0.126 e. The number of rotatable bonds is 3. The second-order valence-electron chi connectivity index (χ2n) is 4.75. The summed E-state index contributed by atoms with van der Waals surface area (Å²) in [6.07, 6.45) is 3.41. The average Bonchev–Trinajstić information content (AvgIpc) is 2.47. The Morgan fingerprint density at radius 2 is 1.81 bits per heavy atom. The SMILES string of the molecule is NNC(c1cc(F)cc(F)c1)c1cccc2ccncc12. The molecule has 5 heteroatoms. The average molecular weight is 285 g/mol. The topological polar surface area (TPSA) is 50.9 Å². The molecule has 1 unspecified atom stereocenters.